The van der Waals surface area contributed by atoms with Gasteiger partial charge in [0.25, 0.3) is 5.91 Å². The van der Waals surface area contributed by atoms with Crippen LogP contribution in [0.25, 0.3) is 11.0 Å². The van der Waals surface area contributed by atoms with Crippen LogP contribution >= 0.6 is 0 Å². The van der Waals surface area contributed by atoms with E-state index >= 15 is 0 Å². The number of halogens is 4. The van der Waals surface area contributed by atoms with E-state index in [1.807, 2.05) is 0 Å². The maximum absolute atomic E-state index is 13.7. The highest BCUT2D eigenvalue weighted by Crippen LogP contribution is 2.25. The Labute approximate surface area is 146 Å². The molecule has 1 atom stereocenters. The van der Waals surface area contributed by atoms with E-state index in [1.165, 1.54) is 17.3 Å². The zero-order valence-corrected chi connectivity index (χ0v) is 13.7. The van der Waals surface area contributed by atoms with Gasteiger partial charge in [0, 0.05) is 51.2 Å². The van der Waals surface area contributed by atoms with Crippen molar-refractivity contribution in [3.8, 4) is 0 Å². The number of hydrogen-bond donors (Lipinski definition) is 2. The Balaban J connectivity index is 1.78. The summed E-state index contributed by atoms with van der Waals surface area (Å²) in [7, 11) is 0. The monoisotopic (exact) mass is 371 g/mol. The fraction of sp³-hybridized carbons (Fsp3) is 0.438. The van der Waals surface area contributed by atoms with Crippen molar-refractivity contribution in [3.63, 3.8) is 0 Å². The van der Waals surface area contributed by atoms with Gasteiger partial charge in [-0.2, -0.15) is 13.2 Å². The van der Waals surface area contributed by atoms with Gasteiger partial charge in [0.1, 0.15) is 17.4 Å². The summed E-state index contributed by atoms with van der Waals surface area (Å²) in [5.41, 5.74) is 0.151. The van der Waals surface area contributed by atoms with Crippen LogP contribution in [0.2, 0.25) is 0 Å². The van der Waals surface area contributed by atoms with E-state index in [0.29, 0.717) is 13.1 Å². The Morgan fingerprint density at radius 1 is 1.23 bits per heavy atom. The topological polar surface area (TPSA) is 70.2 Å². The summed E-state index contributed by atoms with van der Waals surface area (Å²) in [6, 6.07) is 0.248. The molecule has 2 heterocycles. The summed E-state index contributed by atoms with van der Waals surface area (Å²) in [5, 5.41) is 5.25. The molecule has 0 spiro atoms. The Kier molecular flexibility index (Phi) is 5.33. The molecule has 0 aliphatic carbocycles. The number of fused-ring (bicyclic) bond motifs is 1. The summed E-state index contributed by atoms with van der Waals surface area (Å²) in [4.78, 5) is 21.6. The van der Waals surface area contributed by atoms with Gasteiger partial charge in [-0.1, -0.05) is 0 Å². The summed E-state index contributed by atoms with van der Waals surface area (Å²) >= 11 is 0. The summed E-state index contributed by atoms with van der Waals surface area (Å²) in [5.74, 6) is -1.53. The minimum Gasteiger partial charge on any atom is -0.350 e. The lowest BCUT2D eigenvalue weighted by Crippen LogP contribution is -2.57. The molecule has 6 nitrogen and oxygen atoms in total. The molecule has 1 aliphatic heterocycles. The number of nitrogens with zero attached hydrogens (tertiary/aromatic N) is 3. The van der Waals surface area contributed by atoms with Gasteiger partial charge >= 0.3 is 6.18 Å². The molecule has 1 aromatic carbocycles. The molecule has 0 radical (unpaired) electrons. The van der Waals surface area contributed by atoms with Crippen molar-refractivity contribution in [2.24, 2.45) is 0 Å². The molecule has 10 heteroatoms. The smallest absolute Gasteiger partial charge is 0.350 e. The van der Waals surface area contributed by atoms with Gasteiger partial charge in [-0.05, 0) is 6.07 Å². The van der Waals surface area contributed by atoms with Crippen LogP contribution in [0.3, 0.4) is 0 Å². The van der Waals surface area contributed by atoms with Crippen molar-refractivity contribution in [2.75, 3.05) is 32.7 Å². The summed E-state index contributed by atoms with van der Waals surface area (Å²) in [6.07, 6.45) is -1.82. The second-order valence-corrected chi connectivity index (χ2v) is 5.93. The Morgan fingerprint density at radius 3 is 2.62 bits per heavy atom. The minimum absolute atomic E-state index is 0.136. The van der Waals surface area contributed by atoms with Crippen LogP contribution in [-0.4, -0.2) is 65.7 Å². The molecule has 1 aromatic heterocycles. The van der Waals surface area contributed by atoms with Crippen molar-refractivity contribution >= 4 is 16.9 Å². The van der Waals surface area contributed by atoms with E-state index in [1.54, 1.807) is 0 Å². The lowest BCUT2D eigenvalue weighted by atomic mass is 10.1. The number of rotatable bonds is 4. The normalized spacial score (nSPS) is 17.2. The van der Waals surface area contributed by atoms with E-state index in [9.17, 15) is 22.4 Å². The van der Waals surface area contributed by atoms with Crippen LogP contribution < -0.4 is 10.6 Å². The fourth-order valence-corrected chi connectivity index (χ4v) is 2.94. The predicted molar refractivity (Wildman–Crippen MR) is 86.1 cm³/mol. The SMILES string of the molecule is O=C(NCC(N1CCNCC1)C(F)(F)F)c1cc(F)cc2nccnc12. The van der Waals surface area contributed by atoms with E-state index in [2.05, 4.69) is 20.6 Å². The molecule has 2 N–H and O–H groups in total. The number of carbonyl (C=O) groups excluding carboxylic acids is 1. The first kappa shape index (κ1) is 18.5. The van der Waals surface area contributed by atoms with Gasteiger partial charge in [-0.15, -0.1) is 0 Å². The molecule has 26 heavy (non-hydrogen) atoms. The zero-order valence-electron chi connectivity index (χ0n) is 13.7. The van der Waals surface area contributed by atoms with Gasteiger partial charge in [0.2, 0.25) is 0 Å². The Bertz CT molecular complexity index is 792. The highest BCUT2D eigenvalue weighted by molar-refractivity contribution is 6.04. The number of amides is 1. The number of benzene rings is 1. The van der Waals surface area contributed by atoms with Crippen molar-refractivity contribution in [1.29, 1.82) is 0 Å². The van der Waals surface area contributed by atoms with Crippen molar-refractivity contribution in [1.82, 2.24) is 25.5 Å². The molecule has 1 fully saturated rings. The Morgan fingerprint density at radius 2 is 1.92 bits per heavy atom. The maximum atomic E-state index is 13.7. The summed E-state index contributed by atoms with van der Waals surface area (Å²) < 4.78 is 53.8. The number of piperazine rings is 1. The molecular weight excluding hydrogens is 354 g/mol. The van der Waals surface area contributed by atoms with Crippen LogP contribution in [0.4, 0.5) is 17.6 Å². The molecule has 0 bridgehead atoms. The van der Waals surface area contributed by atoms with Gasteiger partial charge < -0.3 is 10.6 Å². The lowest BCUT2D eigenvalue weighted by molar-refractivity contribution is -0.183. The third-order valence-electron chi connectivity index (χ3n) is 4.21. The maximum Gasteiger partial charge on any atom is 0.405 e. The molecule has 2 aromatic rings. The average Bonchev–Trinajstić information content (AvgIpc) is 2.60. The molecule has 1 unspecified atom stereocenters. The standard InChI is InChI=1S/C16H17F4N5O/c17-10-7-11(14-12(8-10)22-1-2-23-14)15(26)24-9-13(16(18,19)20)25-5-3-21-4-6-25/h1-2,7-8,13,21H,3-6,9H2,(H,24,26). The van der Waals surface area contributed by atoms with Gasteiger partial charge in [0.05, 0.1) is 11.1 Å². The molecule has 140 valence electrons. The van der Waals surface area contributed by atoms with Crippen LogP contribution in [0.1, 0.15) is 10.4 Å². The van der Waals surface area contributed by atoms with Crippen molar-refractivity contribution in [2.45, 2.75) is 12.2 Å². The van der Waals surface area contributed by atoms with E-state index in [-0.39, 0.29) is 29.7 Å². The molecule has 1 amide bonds. The number of aromatic nitrogens is 2. The highest BCUT2D eigenvalue weighted by Gasteiger charge is 2.43. The van der Waals surface area contributed by atoms with E-state index in [0.717, 1.165) is 12.1 Å². The molecule has 1 saturated heterocycles. The molecule has 0 saturated carbocycles. The first-order valence-corrected chi connectivity index (χ1v) is 8.06. The largest absolute Gasteiger partial charge is 0.405 e. The lowest BCUT2D eigenvalue weighted by Gasteiger charge is -2.35. The quantitative estimate of drug-likeness (QED) is 0.794. The van der Waals surface area contributed by atoms with Crippen molar-refractivity contribution < 1.29 is 22.4 Å². The number of hydrogen-bond acceptors (Lipinski definition) is 5. The third kappa shape index (κ3) is 4.07. The number of carbonyl (C=O) groups is 1. The van der Waals surface area contributed by atoms with Gasteiger partial charge in [0.15, 0.2) is 0 Å². The van der Waals surface area contributed by atoms with Crippen LogP contribution in [-0.2, 0) is 0 Å². The van der Waals surface area contributed by atoms with Crippen LogP contribution in [0.15, 0.2) is 24.5 Å². The van der Waals surface area contributed by atoms with Crippen LogP contribution in [0.5, 0.6) is 0 Å². The second-order valence-electron chi connectivity index (χ2n) is 5.93. The predicted octanol–water partition coefficient (Wildman–Crippen LogP) is 1.33. The molecule has 1 aliphatic rings. The van der Waals surface area contributed by atoms with E-state index in [4.69, 9.17) is 0 Å². The van der Waals surface area contributed by atoms with Gasteiger partial charge in [-0.3, -0.25) is 19.7 Å². The first-order chi connectivity index (χ1) is 12.4. The fourth-order valence-electron chi connectivity index (χ4n) is 2.94. The average molecular weight is 371 g/mol. The zero-order chi connectivity index (χ0) is 18.7. The number of nitrogens with one attached hydrogen (secondary N) is 2. The summed E-state index contributed by atoms with van der Waals surface area (Å²) in [6.45, 7) is 0.735. The minimum atomic E-state index is -4.49. The van der Waals surface area contributed by atoms with Crippen molar-refractivity contribution in [3.05, 3.63) is 35.9 Å². The molecule has 3 rings (SSSR count). The van der Waals surface area contributed by atoms with Gasteiger partial charge in [-0.25, -0.2) is 4.39 Å². The van der Waals surface area contributed by atoms with Crippen LogP contribution in [0, 0.1) is 5.82 Å². The first-order valence-electron chi connectivity index (χ1n) is 8.06. The Hall–Kier alpha value is -2.33. The third-order valence-corrected chi connectivity index (χ3v) is 4.21. The van der Waals surface area contributed by atoms with E-state index < -0.39 is 30.5 Å². The molecular formula is C16H17F4N5O. The second kappa shape index (κ2) is 7.50. The highest BCUT2D eigenvalue weighted by atomic mass is 19.4. The number of alkyl halides is 3.